The van der Waals surface area contributed by atoms with E-state index in [9.17, 15) is 13.2 Å². The van der Waals surface area contributed by atoms with Crippen molar-refractivity contribution < 1.29 is 17.6 Å². The van der Waals surface area contributed by atoms with Crippen LogP contribution in [0.15, 0.2) is 59.0 Å². The zero-order chi connectivity index (χ0) is 22.4. The number of para-hydroxylation sites is 1. The van der Waals surface area contributed by atoms with E-state index in [-0.39, 0.29) is 5.91 Å². The maximum absolute atomic E-state index is 12.7. The molecular formula is C24H28N2O4S. The number of rotatable bonds is 9. The van der Waals surface area contributed by atoms with Crippen molar-refractivity contribution in [2.45, 2.75) is 32.7 Å². The molecule has 0 saturated heterocycles. The summed E-state index contributed by atoms with van der Waals surface area (Å²) in [6, 6.07) is 14.7. The number of hydrogen-bond acceptors (Lipinski definition) is 4. The van der Waals surface area contributed by atoms with Gasteiger partial charge in [-0.3, -0.25) is 9.52 Å². The van der Waals surface area contributed by atoms with Gasteiger partial charge in [0.25, 0.3) is 0 Å². The number of likely N-dealkylation sites (N-methyl/N-ethyl adjacent to an activating group) is 1. The Kier molecular flexibility index (Phi) is 7.17. The number of unbranched alkanes of at least 4 members (excludes halogenated alkanes) is 1. The number of sulfonamides is 1. The average Bonchev–Trinajstić information content (AvgIpc) is 3.07. The summed E-state index contributed by atoms with van der Waals surface area (Å²) in [5, 5.41) is 1.05. The molecule has 3 rings (SSSR count). The Balaban J connectivity index is 1.71. The molecule has 1 amide bonds. The number of hydrogen-bond donors (Lipinski definition) is 1. The molecule has 1 heterocycles. The summed E-state index contributed by atoms with van der Waals surface area (Å²) in [5.41, 5.74) is 3.19. The van der Waals surface area contributed by atoms with E-state index in [0.29, 0.717) is 12.2 Å². The Morgan fingerprint density at radius 3 is 2.52 bits per heavy atom. The molecule has 0 aliphatic carbocycles. The molecular weight excluding hydrogens is 412 g/mol. The molecule has 0 aliphatic heterocycles. The van der Waals surface area contributed by atoms with Crippen LogP contribution in [0.5, 0.6) is 0 Å². The molecule has 1 N–H and O–H groups in total. The maximum atomic E-state index is 12.7. The second-order valence-corrected chi connectivity index (χ2v) is 9.38. The largest absolute Gasteiger partial charge is 0.461 e. The van der Waals surface area contributed by atoms with Crippen molar-refractivity contribution in [1.82, 2.24) is 4.90 Å². The van der Waals surface area contributed by atoms with Crippen LogP contribution in [-0.4, -0.2) is 32.5 Å². The summed E-state index contributed by atoms with van der Waals surface area (Å²) in [7, 11) is -1.54. The van der Waals surface area contributed by atoms with Crippen molar-refractivity contribution >= 4 is 38.7 Å². The topological polar surface area (TPSA) is 79.6 Å². The van der Waals surface area contributed by atoms with Gasteiger partial charge in [-0.05, 0) is 36.3 Å². The number of aryl methyl sites for hydroxylation is 1. The summed E-state index contributed by atoms with van der Waals surface area (Å²) in [4.78, 5) is 14.3. The third-order valence-electron chi connectivity index (χ3n) is 4.94. The second-order valence-electron chi connectivity index (χ2n) is 7.63. The number of nitrogens with one attached hydrogen (secondary N) is 1. The Morgan fingerprint density at radius 2 is 1.84 bits per heavy atom. The van der Waals surface area contributed by atoms with E-state index in [1.165, 1.54) is 6.08 Å². The van der Waals surface area contributed by atoms with Crippen LogP contribution in [0.25, 0.3) is 17.0 Å². The van der Waals surface area contributed by atoms with Crippen molar-refractivity contribution in [3.05, 3.63) is 71.5 Å². The molecule has 2 aromatic carbocycles. The van der Waals surface area contributed by atoms with Gasteiger partial charge in [0, 0.05) is 42.7 Å². The van der Waals surface area contributed by atoms with Crippen molar-refractivity contribution in [2.75, 3.05) is 18.0 Å². The van der Waals surface area contributed by atoms with E-state index >= 15 is 0 Å². The molecule has 31 heavy (non-hydrogen) atoms. The number of fused-ring (bicyclic) bond motifs is 1. The maximum Gasteiger partial charge on any atom is 0.246 e. The first-order chi connectivity index (χ1) is 14.8. The normalized spacial score (nSPS) is 11.8. The van der Waals surface area contributed by atoms with Crippen LogP contribution in [0.1, 0.15) is 36.7 Å². The second kappa shape index (κ2) is 9.83. The molecule has 0 spiro atoms. The van der Waals surface area contributed by atoms with Crippen LogP contribution in [0.3, 0.4) is 0 Å². The van der Waals surface area contributed by atoms with Crippen LogP contribution in [-0.2, 0) is 27.8 Å². The minimum atomic E-state index is -3.31. The molecule has 0 bridgehead atoms. The predicted molar refractivity (Wildman–Crippen MR) is 125 cm³/mol. The number of amides is 1. The number of carbonyl (C=O) groups excluding carboxylic acids is 1. The van der Waals surface area contributed by atoms with Gasteiger partial charge < -0.3 is 9.32 Å². The SMILES string of the molecule is CCCCc1oc2ccccc2c1CN(C)C(=O)/C=C/c1ccc(NS(C)(=O)=O)cc1. The van der Waals surface area contributed by atoms with Gasteiger partial charge in [0.05, 0.1) is 6.26 Å². The van der Waals surface area contributed by atoms with Gasteiger partial charge in [0.1, 0.15) is 11.3 Å². The van der Waals surface area contributed by atoms with Gasteiger partial charge >= 0.3 is 0 Å². The molecule has 0 radical (unpaired) electrons. The van der Waals surface area contributed by atoms with E-state index in [2.05, 4.69) is 11.6 Å². The van der Waals surface area contributed by atoms with Crippen molar-refractivity contribution in [2.24, 2.45) is 0 Å². The fourth-order valence-corrected chi connectivity index (χ4v) is 3.91. The molecule has 1 aromatic heterocycles. The minimum absolute atomic E-state index is 0.120. The van der Waals surface area contributed by atoms with Gasteiger partial charge in [-0.25, -0.2) is 8.42 Å². The van der Waals surface area contributed by atoms with Crippen LogP contribution in [0.2, 0.25) is 0 Å². The summed E-state index contributed by atoms with van der Waals surface area (Å²) in [6.45, 7) is 2.61. The van der Waals surface area contributed by atoms with Gasteiger partial charge in [0.15, 0.2) is 0 Å². The highest BCUT2D eigenvalue weighted by molar-refractivity contribution is 7.92. The van der Waals surface area contributed by atoms with Crippen molar-refractivity contribution in [1.29, 1.82) is 0 Å². The first kappa shape index (κ1) is 22.6. The summed E-state index contributed by atoms with van der Waals surface area (Å²) >= 11 is 0. The van der Waals surface area contributed by atoms with Gasteiger partial charge in [-0.15, -0.1) is 0 Å². The fraction of sp³-hybridized carbons (Fsp3) is 0.292. The Bertz CT molecular complexity index is 1180. The average molecular weight is 441 g/mol. The van der Waals surface area contributed by atoms with Crippen LogP contribution >= 0.6 is 0 Å². The lowest BCUT2D eigenvalue weighted by Gasteiger charge is -2.15. The molecule has 0 unspecified atom stereocenters. The van der Waals surface area contributed by atoms with Crippen molar-refractivity contribution in [3.63, 3.8) is 0 Å². The Morgan fingerprint density at radius 1 is 1.13 bits per heavy atom. The van der Waals surface area contributed by atoms with Crippen LogP contribution in [0.4, 0.5) is 5.69 Å². The van der Waals surface area contributed by atoms with Crippen molar-refractivity contribution in [3.8, 4) is 0 Å². The van der Waals surface area contributed by atoms with E-state index in [1.807, 2.05) is 24.3 Å². The molecule has 3 aromatic rings. The lowest BCUT2D eigenvalue weighted by atomic mass is 10.1. The number of anilines is 1. The molecule has 6 nitrogen and oxygen atoms in total. The Labute approximate surface area is 183 Å². The number of furan rings is 1. The molecule has 164 valence electrons. The van der Waals surface area contributed by atoms with Gasteiger partial charge in [-0.1, -0.05) is 43.7 Å². The molecule has 0 aliphatic rings. The minimum Gasteiger partial charge on any atom is -0.461 e. The number of benzene rings is 2. The summed E-state index contributed by atoms with van der Waals surface area (Å²) in [6.07, 6.45) is 7.31. The smallest absolute Gasteiger partial charge is 0.246 e. The standard InChI is InChI=1S/C24H28N2O4S/c1-4-5-9-23-21(20-8-6-7-10-22(20)30-23)17-26(2)24(27)16-13-18-11-14-19(15-12-18)25-31(3,28)29/h6-8,10-16,25H,4-5,9,17H2,1-3H3/b16-13+. The monoisotopic (exact) mass is 440 g/mol. The number of carbonyl (C=O) groups is 1. The van der Waals surface area contributed by atoms with E-state index in [1.54, 1.807) is 42.3 Å². The first-order valence-electron chi connectivity index (χ1n) is 10.3. The first-order valence-corrected chi connectivity index (χ1v) is 12.2. The predicted octanol–water partition coefficient (Wildman–Crippen LogP) is 4.82. The molecule has 0 saturated carbocycles. The third-order valence-corrected chi connectivity index (χ3v) is 5.55. The highest BCUT2D eigenvalue weighted by atomic mass is 32.2. The molecule has 0 fully saturated rings. The highest BCUT2D eigenvalue weighted by Gasteiger charge is 2.17. The summed E-state index contributed by atoms with van der Waals surface area (Å²) < 4.78 is 31.0. The molecule has 0 atom stereocenters. The van der Waals surface area contributed by atoms with E-state index in [4.69, 9.17) is 4.42 Å². The Hall–Kier alpha value is -3.06. The quantitative estimate of drug-likeness (QED) is 0.484. The lowest BCUT2D eigenvalue weighted by Crippen LogP contribution is -2.24. The molecule has 7 heteroatoms. The zero-order valence-electron chi connectivity index (χ0n) is 18.1. The number of nitrogens with zero attached hydrogens (tertiary/aromatic N) is 1. The fourth-order valence-electron chi connectivity index (χ4n) is 3.35. The van der Waals surface area contributed by atoms with E-state index < -0.39 is 10.0 Å². The van der Waals surface area contributed by atoms with Crippen LogP contribution < -0.4 is 4.72 Å². The van der Waals surface area contributed by atoms with Gasteiger partial charge in [-0.2, -0.15) is 0 Å². The van der Waals surface area contributed by atoms with Gasteiger partial charge in [0.2, 0.25) is 15.9 Å². The van der Waals surface area contributed by atoms with Crippen LogP contribution in [0, 0.1) is 0 Å². The van der Waals surface area contributed by atoms with E-state index in [0.717, 1.165) is 53.4 Å². The lowest BCUT2D eigenvalue weighted by molar-refractivity contribution is -0.125. The summed E-state index contributed by atoms with van der Waals surface area (Å²) in [5.74, 6) is 0.825. The zero-order valence-corrected chi connectivity index (χ0v) is 18.9. The highest BCUT2D eigenvalue weighted by Crippen LogP contribution is 2.28. The third kappa shape index (κ3) is 6.21.